The summed E-state index contributed by atoms with van der Waals surface area (Å²) in [5.41, 5.74) is 4.78. The first-order chi connectivity index (χ1) is 14.5. The Hall–Kier alpha value is -2.92. The van der Waals surface area contributed by atoms with Crippen molar-refractivity contribution in [2.24, 2.45) is 0 Å². The van der Waals surface area contributed by atoms with E-state index in [0.29, 0.717) is 0 Å². The maximum Gasteiger partial charge on any atom is 0.416 e. The zero-order valence-electron chi connectivity index (χ0n) is 16.6. The van der Waals surface area contributed by atoms with Gasteiger partial charge in [-0.15, -0.1) is 0 Å². The Balaban J connectivity index is 1.31. The van der Waals surface area contributed by atoms with E-state index in [9.17, 15) is 13.2 Å². The second kappa shape index (κ2) is 8.84. The minimum atomic E-state index is -4.29. The molecule has 0 unspecified atom stereocenters. The predicted octanol–water partition coefficient (Wildman–Crippen LogP) is 6.10. The zero-order chi connectivity index (χ0) is 21.0. The highest BCUT2D eigenvalue weighted by Gasteiger charge is 2.30. The van der Waals surface area contributed by atoms with Crippen LogP contribution in [-0.4, -0.2) is 29.5 Å². The smallest absolute Gasteiger partial charge is 0.299 e. The van der Waals surface area contributed by atoms with Crippen molar-refractivity contribution in [3.63, 3.8) is 0 Å². The fraction of sp³-hybridized carbons (Fsp3) is 0.240. The summed E-state index contributed by atoms with van der Waals surface area (Å²) in [6, 6.07) is 19.9. The highest BCUT2D eigenvalue weighted by Crippen LogP contribution is 2.31. The van der Waals surface area contributed by atoms with Crippen LogP contribution in [0.15, 0.2) is 79.0 Å². The number of pyridine rings is 1. The third-order valence-corrected chi connectivity index (χ3v) is 5.51. The maximum absolute atomic E-state index is 12.7. The summed E-state index contributed by atoms with van der Waals surface area (Å²) in [5, 5.41) is 0. The average molecular weight is 408 g/mol. The summed E-state index contributed by atoms with van der Waals surface area (Å²) < 4.78 is 38.2. The first-order valence-electron chi connectivity index (χ1n) is 10.1. The molecule has 0 N–H and O–H groups in total. The van der Waals surface area contributed by atoms with Crippen LogP contribution < -0.4 is 0 Å². The molecule has 0 fully saturated rings. The quantitative estimate of drug-likeness (QED) is 0.507. The summed E-state index contributed by atoms with van der Waals surface area (Å²) in [4.78, 5) is 6.75. The third kappa shape index (κ3) is 4.97. The fourth-order valence-corrected chi connectivity index (χ4v) is 3.71. The van der Waals surface area contributed by atoms with Crippen molar-refractivity contribution < 1.29 is 13.2 Å². The molecule has 0 saturated carbocycles. The summed E-state index contributed by atoms with van der Waals surface area (Å²) in [7, 11) is 0. The lowest BCUT2D eigenvalue weighted by Gasteiger charge is -2.26. The average Bonchev–Trinajstić information content (AvgIpc) is 2.78. The number of aromatic nitrogens is 1. The van der Waals surface area contributed by atoms with Gasteiger partial charge in [0.25, 0.3) is 0 Å². The van der Waals surface area contributed by atoms with E-state index < -0.39 is 11.7 Å². The summed E-state index contributed by atoms with van der Waals surface area (Å²) >= 11 is 0. The second-order valence-electron chi connectivity index (χ2n) is 7.52. The Bertz CT molecular complexity index is 991. The van der Waals surface area contributed by atoms with Crippen molar-refractivity contribution in [2.45, 2.75) is 19.0 Å². The van der Waals surface area contributed by atoms with Crippen molar-refractivity contribution in [2.75, 3.05) is 19.6 Å². The number of hydrogen-bond donors (Lipinski definition) is 0. The SMILES string of the molecule is FC(F)(F)c1ccc(C2=CCN(CCc3ccc(-c4ccccn4)cc3)CC2)cc1. The fourth-order valence-electron chi connectivity index (χ4n) is 3.71. The van der Waals surface area contributed by atoms with Gasteiger partial charge in [-0.1, -0.05) is 48.5 Å². The second-order valence-corrected chi connectivity index (χ2v) is 7.52. The topological polar surface area (TPSA) is 16.1 Å². The van der Waals surface area contributed by atoms with Gasteiger partial charge in [0.05, 0.1) is 11.3 Å². The van der Waals surface area contributed by atoms with E-state index in [1.54, 1.807) is 18.3 Å². The van der Waals surface area contributed by atoms with Crippen LogP contribution in [0.5, 0.6) is 0 Å². The molecule has 0 amide bonds. The van der Waals surface area contributed by atoms with Gasteiger partial charge in [0.15, 0.2) is 0 Å². The number of benzene rings is 2. The summed E-state index contributed by atoms with van der Waals surface area (Å²) in [6.07, 6.45) is 1.46. The molecule has 30 heavy (non-hydrogen) atoms. The van der Waals surface area contributed by atoms with Crippen LogP contribution >= 0.6 is 0 Å². The Morgan fingerprint density at radius 2 is 1.60 bits per heavy atom. The van der Waals surface area contributed by atoms with Gasteiger partial charge < -0.3 is 0 Å². The molecule has 0 bridgehead atoms. The number of alkyl halides is 3. The van der Waals surface area contributed by atoms with Crippen molar-refractivity contribution in [1.82, 2.24) is 9.88 Å². The van der Waals surface area contributed by atoms with Gasteiger partial charge in [0, 0.05) is 31.4 Å². The number of nitrogens with zero attached hydrogens (tertiary/aromatic N) is 2. The van der Waals surface area contributed by atoms with E-state index in [1.807, 2.05) is 18.2 Å². The molecule has 5 heteroatoms. The normalized spacial score (nSPS) is 15.1. The van der Waals surface area contributed by atoms with Crippen LogP contribution in [0.2, 0.25) is 0 Å². The Labute approximate surface area is 174 Å². The lowest BCUT2D eigenvalue weighted by Crippen LogP contribution is -2.30. The van der Waals surface area contributed by atoms with E-state index in [-0.39, 0.29) is 0 Å². The largest absolute Gasteiger partial charge is 0.416 e. The van der Waals surface area contributed by atoms with Crippen LogP contribution in [0.1, 0.15) is 23.1 Å². The molecule has 2 aromatic carbocycles. The standard InChI is InChI=1S/C25H23F3N2/c26-25(27,28)23-10-8-20(9-11-23)21-13-17-30(18-14-21)16-12-19-4-6-22(7-5-19)24-3-1-2-15-29-24/h1-11,13,15H,12,14,16-18H2. The van der Waals surface area contributed by atoms with Gasteiger partial charge in [0.1, 0.15) is 0 Å². The van der Waals surface area contributed by atoms with Crippen molar-refractivity contribution in [3.05, 3.63) is 95.7 Å². The number of halogens is 3. The van der Waals surface area contributed by atoms with E-state index in [2.05, 4.69) is 40.2 Å². The van der Waals surface area contributed by atoms with Gasteiger partial charge >= 0.3 is 6.18 Å². The molecular formula is C25H23F3N2. The first-order valence-corrected chi connectivity index (χ1v) is 10.1. The van der Waals surface area contributed by atoms with E-state index >= 15 is 0 Å². The zero-order valence-corrected chi connectivity index (χ0v) is 16.6. The molecule has 154 valence electrons. The molecule has 3 aromatic rings. The monoisotopic (exact) mass is 408 g/mol. The molecule has 4 rings (SSSR count). The van der Waals surface area contributed by atoms with E-state index in [0.717, 1.165) is 67.0 Å². The lowest BCUT2D eigenvalue weighted by atomic mass is 9.98. The molecule has 0 atom stereocenters. The molecule has 0 radical (unpaired) electrons. The maximum atomic E-state index is 12.7. The number of rotatable bonds is 5. The Morgan fingerprint density at radius 3 is 2.20 bits per heavy atom. The van der Waals surface area contributed by atoms with Crippen LogP contribution in [0.25, 0.3) is 16.8 Å². The van der Waals surface area contributed by atoms with E-state index in [1.165, 1.54) is 5.56 Å². The lowest BCUT2D eigenvalue weighted by molar-refractivity contribution is -0.137. The summed E-state index contributed by atoms with van der Waals surface area (Å²) in [5.74, 6) is 0. The molecule has 0 saturated heterocycles. The van der Waals surface area contributed by atoms with Gasteiger partial charge in [-0.3, -0.25) is 9.88 Å². The van der Waals surface area contributed by atoms with Gasteiger partial charge in [-0.2, -0.15) is 13.2 Å². The predicted molar refractivity (Wildman–Crippen MR) is 114 cm³/mol. The van der Waals surface area contributed by atoms with Crippen LogP contribution in [-0.2, 0) is 12.6 Å². The molecule has 0 spiro atoms. The molecule has 1 aliphatic heterocycles. The molecule has 2 heterocycles. The first kappa shape index (κ1) is 20.4. The molecule has 1 aliphatic rings. The minimum absolute atomic E-state index is 0.599. The van der Waals surface area contributed by atoms with Crippen LogP contribution in [0.4, 0.5) is 13.2 Å². The molecule has 0 aliphatic carbocycles. The highest BCUT2D eigenvalue weighted by atomic mass is 19.4. The molecule has 2 nitrogen and oxygen atoms in total. The van der Waals surface area contributed by atoms with Crippen molar-refractivity contribution in [1.29, 1.82) is 0 Å². The Morgan fingerprint density at radius 1 is 0.867 bits per heavy atom. The molecule has 1 aromatic heterocycles. The van der Waals surface area contributed by atoms with Crippen LogP contribution in [0.3, 0.4) is 0 Å². The van der Waals surface area contributed by atoms with Crippen molar-refractivity contribution >= 4 is 5.57 Å². The van der Waals surface area contributed by atoms with E-state index in [4.69, 9.17) is 0 Å². The van der Waals surface area contributed by atoms with Crippen LogP contribution in [0, 0.1) is 0 Å². The highest BCUT2D eigenvalue weighted by molar-refractivity contribution is 5.66. The number of hydrogen-bond acceptors (Lipinski definition) is 2. The van der Waals surface area contributed by atoms with Gasteiger partial charge in [0.2, 0.25) is 0 Å². The minimum Gasteiger partial charge on any atom is -0.299 e. The van der Waals surface area contributed by atoms with Gasteiger partial charge in [-0.25, -0.2) is 0 Å². The summed E-state index contributed by atoms with van der Waals surface area (Å²) in [6.45, 7) is 2.70. The Kier molecular flexibility index (Phi) is 6.00. The van der Waals surface area contributed by atoms with Gasteiger partial charge in [-0.05, 0) is 53.8 Å². The van der Waals surface area contributed by atoms with Crippen molar-refractivity contribution in [3.8, 4) is 11.3 Å². The molecular weight excluding hydrogens is 385 g/mol. The third-order valence-electron chi connectivity index (χ3n) is 5.51.